The van der Waals surface area contributed by atoms with Crippen molar-refractivity contribution in [2.24, 2.45) is 0 Å². The Morgan fingerprint density at radius 1 is 1.24 bits per heavy atom. The molecular formula is C18H22N4O2S. The molecule has 132 valence electrons. The van der Waals surface area contributed by atoms with Gasteiger partial charge in [-0.15, -0.1) is 0 Å². The Hall–Kier alpha value is -2.12. The number of nitrogens with one attached hydrogen (secondary N) is 1. The van der Waals surface area contributed by atoms with Gasteiger partial charge in [-0.2, -0.15) is 16.9 Å². The Kier molecular flexibility index (Phi) is 5.88. The maximum absolute atomic E-state index is 12.4. The van der Waals surface area contributed by atoms with E-state index in [0.29, 0.717) is 6.54 Å². The molecule has 2 aromatic rings. The summed E-state index contributed by atoms with van der Waals surface area (Å²) in [5, 5.41) is 6.95. The van der Waals surface area contributed by atoms with Crippen LogP contribution in [0.3, 0.4) is 0 Å². The number of anilines is 1. The van der Waals surface area contributed by atoms with Crippen LogP contribution >= 0.6 is 11.8 Å². The SMILES string of the molecule is CCn1nc(C(=O)Nc2cccc(CN3CCSCC3)c2)ccc1=O. The second kappa shape index (κ2) is 8.31. The molecular weight excluding hydrogens is 336 g/mol. The Balaban J connectivity index is 1.68. The third-order valence-electron chi connectivity index (χ3n) is 4.09. The standard InChI is InChI=1S/C18H22N4O2S/c1-2-22-17(23)7-6-16(20-22)18(24)19-15-5-3-4-14(12-15)13-21-8-10-25-11-9-21/h3-7,12H,2,8-11,13H2,1H3,(H,19,24). The summed E-state index contributed by atoms with van der Waals surface area (Å²) in [5.41, 5.74) is 1.95. The van der Waals surface area contributed by atoms with Crippen molar-refractivity contribution < 1.29 is 4.79 Å². The third-order valence-corrected chi connectivity index (χ3v) is 5.04. The zero-order valence-corrected chi connectivity index (χ0v) is 15.1. The van der Waals surface area contributed by atoms with Crippen LogP contribution in [0.2, 0.25) is 0 Å². The lowest BCUT2D eigenvalue weighted by molar-refractivity contribution is 0.102. The fourth-order valence-corrected chi connectivity index (χ4v) is 3.74. The van der Waals surface area contributed by atoms with E-state index in [1.165, 1.54) is 33.9 Å². The lowest BCUT2D eigenvalue weighted by atomic mass is 10.2. The Morgan fingerprint density at radius 2 is 2.04 bits per heavy atom. The fourth-order valence-electron chi connectivity index (χ4n) is 2.76. The molecule has 1 aliphatic heterocycles. The summed E-state index contributed by atoms with van der Waals surface area (Å²) in [6.07, 6.45) is 0. The van der Waals surface area contributed by atoms with Crippen molar-refractivity contribution >= 4 is 23.4 Å². The fraction of sp³-hybridized carbons (Fsp3) is 0.389. The van der Waals surface area contributed by atoms with Crippen LogP contribution in [0.4, 0.5) is 5.69 Å². The molecule has 1 aliphatic rings. The number of aromatic nitrogens is 2. The molecule has 0 bridgehead atoms. The summed E-state index contributed by atoms with van der Waals surface area (Å²) in [5.74, 6) is 2.04. The van der Waals surface area contributed by atoms with Crippen molar-refractivity contribution in [2.75, 3.05) is 29.9 Å². The summed E-state index contributed by atoms with van der Waals surface area (Å²) in [4.78, 5) is 26.4. The number of hydrogen-bond acceptors (Lipinski definition) is 5. The number of nitrogens with zero attached hydrogens (tertiary/aromatic N) is 3. The van der Waals surface area contributed by atoms with E-state index in [-0.39, 0.29) is 17.2 Å². The molecule has 6 nitrogen and oxygen atoms in total. The highest BCUT2D eigenvalue weighted by Gasteiger charge is 2.12. The van der Waals surface area contributed by atoms with Gasteiger partial charge in [0.2, 0.25) is 0 Å². The van der Waals surface area contributed by atoms with Crippen LogP contribution in [-0.4, -0.2) is 45.2 Å². The number of carbonyl (C=O) groups excluding carboxylic acids is 1. The zero-order valence-electron chi connectivity index (χ0n) is 14.3. The van der Waals surface area contributed by atoms with Crippen LogP contribution < -0.4 is 10.9 Å². The minimum Gasteiger partial charge on any atom is -0.321 e. The highest BCUT2D eigenvalue weighted by molar-refractivity contribution is 7.99. The van der Waals surface area contributed by atoms with Crippen LogP contribution in [0.1, 0.15) is 23.0 Å². The molecule has 3 rings (SSSR count). The van der Waals surface area contributed by atoms with Crippen LogP contribution in [0.5, 0.6) is 0 Å². The van der Waals surface area contributed by atoms with Gasteiger partial charge in [0.25, 0.3) is 11.5 Å². The molecule has 0 saturated carbocycles. The molecule has 1 amide bonds. The Morgan fingerprint density at radius 3 is 2.80 bits per heavy atom. The molecule has 0 atom stereocenters. The average Bonchev–Trinajstić information content (AvgIpc) is 2.63. The van der Waals surface area contributed by atoms with E-state index in [2.05, 4.69) is 21.4 Å². The second-order valence-corrected chi connectivity index (χ2v) is 7.14. The number of aryl methyl sites for hydroxylation is 1. The summed E-state index contributed by atoms with van der Waals surface area (Å²) >= 11 is 1.99. The van der Waals surface area contributed by atoms with Crippen molar-refractivity contribution in [1.82, 2.24) is 14.7 Å². The predicted octanol–water partition coefficient (Wildman–Crippen LogP) is 2.06. The zero-order chi connectivity index (χ0) is 17.6. The minimum atomic E-state index is -0.311. The average molecular weight is 358 g/mol. The largest absolute Gasteiger partial charge is 0.321 e. The van der Waals surface area contributed by atoms with Crippen LogP contribution in [0.25, 0.3) is 0 Å². The molecule has 0 spiro atoms. The molecule has 25 heavy (non-hydrogen) atoms. The lowest BCUT2D eigenvalue weighted by Crippen LogP contribution is -2.31. The van der Waals surface area contributed by atoms with Crippen LogP contribution in [0, 0.1) is 0 Å². The van der Waals surface area contributed by atoms with E-state index in [1.807, 2.05) is 36.9 Å². The van der Waals surface area contributed by atoms with Gasteiger partial charge < -0.3 is 5.32 Å². The molecule has 1 aromatic heterocycles. The molecule has 2 heterocycles. The molecule has 1 N–H and O–H groups in total. The van der Waals surface area contributed by atoms with Crippen LogP contribution in [0.15, 0.2) is 41.2 Å². The van der Waals surface area contributed by atoms with Gasteiger partial charge in [-0.1, -0.05) is 12.1 Å². The first-order chi connectivity index (χ1) is 12.2. The summed E-state index contributed by atoms with van der Waals surface area (Å²) < 4.78 is 1.28. The van der Waals surface area contributed by atoms with Gasteiger partial charge in [0.1, 0.15) is 5.69 Å². The van der Waals surface area contributed by atoms with Gasteiger partial charge in [-0.3, -0.25) is 14.5 Å². The first-order valence-corrected chi connectivity index (χ1v) is 9.60. The maximum atomic E-state index is 12.4. The molecule has 7 heteroatoms. The summed E-state index contributed by atoms with van der Waals surface area (Å²) in [7, 11) is 0. The van der Waals surface area contributed by atoms with E-state index < -0.39 is 0 Å². The van der Waals surface area contributed by atoms with Crippen molar-refractivity contribution in [3.63, 3.8) is 0 Å². The topological polar surface area (TPSA) is 67.2 Å². The number of carbonyl (C=O) groups is 1. The molecule has 0 unspecified atom stereocenters. The predicted molar refractivity (Wildman–Crippen MR) is 101 cm³/mol. The van der Waals surface area contributed by atoms with Crippen molar-refractivity contribution in [2.45, 2.75) is 20.0 Å². The number of benzene rings is 1. The van der Waals surface area contributed by atoms with E-state index >= 15 is 0 Å². The van der Waals surface area contributed by atoms with Crippen molar-refractivity contribution in [1.29, 1.82) is 0 Å². The first kappa shape index (κ1) is 17.7. The van der Waals surface area contributed by atoms with Crippen molar-refractivity contribution in [3.8, 4) is 0 Å². The first-order valence-electron chi connectivity index (χ1n) is 8.44. The quantitative estimate of drug-likeness (QED) is 0.886. The highest BCUT2D eigenvalue weighted by atomic mass is 32.2. The van der Waals surface area contributed by atoms with Gasteiger partial charge in [0.05, 0.1) is 0 Å². The minimum absolute atomic E-state index is 0.208. The van der Waals surface area contributed by atoms with E-state index in [0.717, 1.165) is 25.3 Å². The summed E-state index contributed by atoms with van der Waals surface area (Å²) in [6, 6.07) is 10.7. The van der Waals surface area contributed by atoms with Gasteiger partial charge in [0, 0.05) is 49.4 Å². The van der Waals surface area contributed by atoms with E-state index in [9.17, 15) is 9.59 Å². The summed E-state index contributed by atoms with van der Waals surface area (Å²) in [6.45, 7) is 5.35. The molecule has 0 aliphatic carbocycles. The number of thioether (sulfide) groups is 1. The maximum Gasteiger partial charge on any atom is 0.276 e. The Bertz CT molecular complexity index is 800. The van der Waals surface area contributed by atoms with E-state index in [1.54, 1.807) is 0 Å². The molecule has 1 aromatic carbocycles. The lowest BCUT2D eigenvalue weighted by Gasteiger charge is -2.26. The van der Waals surface area contributed by atoms with Crippen molar-refractivity contribution in [3.05, 3.63) is 58.0 Å². The van der Waals surface area contributed by atoms with Gasteiger partial charge in [-0.05, 0) is 30.7 Å². The van der Waals surface area contributed by atoms with Crippen LogP contribution in [-0.2, 0) is 13.1 Å². The number of rotatable bonds is 5. The highest BCUT2D eigenvalue weighted by Crippen LogP contribution is 2.16. The number of hydrogen-bond donors (Lipinski definition) is 1. The Labute approximate surface area is 151 Å². The molecule has 1 fully saturated rings. The normalized spacial score (nSPS) is 15.1. The third kappa shape index (κ3) is 4.70. The second-order valence-electron chi connectivity index (χ2n) is 5.92. The molecule has 1 saturated heterocycles. The monoisotopic (exact) mass is 358 g/mol. The van der Waals surface area contributed by atoms with Gasteiger partial charge >= 0.3 is 0 Å². The molecule has 0 radical (unpaired) electrons. The van der Waals surface area contributed by atoms with E-state index in [4.69, 9.17) is 0 Å². The van der Waals surface area contributed by atoms with Gasteiger partial charge in [0.15, 0.2) is 0 Å². The number of amides is 1. The smallest absolute Gasteiger partial charge is 0.276 e. The van der Waals surface area contributed by atoms with Gasteiger partial charge in [-0.25, -0.2) is 4.68 Å².